The molecule has 30 heavy (non-hydrogen) atoms. The van der Waals surface area contributed by atoms with Gasteiger partial charge in [0, 0.05) is 25.4 Å². The number of nitrogens with one attached hydrogen (secondary N) is 3. The zero-order valence-corrected chi connectivity index (χ0v) is 17.5. The number of fused-ring (bicyclic) bond motifs is 5. The number of hydrogen-bond donors (Lipinski definition) is 4. The lowest BCUT2D eigenvalue weighted by molar-refractivity contribution is -0.137. The van der Waals surface area contributed by atoms with Gasteiger partial charge in [0.15, 0.2) is 0 Å². The SMILES string of the molecule is CCCCNC(=O)NCC(=O)NC[C@@H]1[C@H](CC=CCCCC(=O)O)[C@H]2O[C@@H]1[C@H]1O[C@H]12. The summed E-state index contributed by atoms with van der Waals surface area (Å²) in [6.45, 7) is 3.07. The topological polar surface area (TPSA) is 129 Å². The van der Waals surface area contributed by atoms with Crippen LogP contribution in [0.4, 0.5) is 4.79 Å². The molecule has 2 bridgehead atoms. The van der Waals surface area contributed by atoms with Gasteiger partial charge in [0.1, 0.15) is 12.2 Å². The first-order chi connectivity index (χ1) is 14.5. The summed E-state index contributed by atoms with van der Waals surface area (Å²) in [6.07, 6.45) is 8.79. The maximum atomic E-state index is 12.1. The number of hydrogen-bond acceptors (Lipinski definition) is 5. The zero-order chi connectivity index (χ0) is 21.5. The molecule has 3 aliphatic rings. The van der Waals surface area contributed by atoms with Crippen LogP contribution in [0, 0.1) is 11.8 Å². The molecule has 4 N–H and O–H groups in total. The number of amides is 3. The molecule has 0 aromatic heterocycles. The van der Waals surface area contributed by atoms with Crippen LogP contribution in [-0.4, -0.2) is 67.1 Å². The highest BCUT2D eigenvalue weighted by atomic mass is 16.7. The number of rotatable bonds is 13. The number of unbranched alkanes of at least 4 members (excludes halogenated alkanes) is 2. The number of carboxylic acid groups (broad SMARTS) is 1. The second-order valence-electron chi connectivity index (χ2n) is 8.22. The Balaban J connectivity index is 1.39. The minimum atomic E-state index is -0.773. The second-order valence-corrected chi connectivity index (χ2v) is 8.22. The van der Waals surface area contributed by atoms with E-state index in [4.69, 9.17) is 14.6 Å². The number of allylic oxidation sites excluding steroid dienone is 2. The molecule has 0 radical (unpaired) electrons. The minimum absolute atomic E-state index is 0.0102. The van der Waals surface area contributed by atoms with Crippen molar-refractivity contribution in [2.75, 3.05) is 19.6 Å². The highest BCUT2D eigenvalue weighted by Crippen LogP contribution is 2.54. The van der Waals surface area contributed by atoms with Crippen molar-refractivity contribution in [2.24, 2.45) is 11.8 Å². The van der Waals surface area contributed by atoms with Crippen LogP contribution >= 0.6 is 0 Å². The number of carbonyl (C=O) groups excluding carboxylic acids is 2. The van der Waals surface area contributed by atoms with Crippen molar-refractivity contribution in [3.8, 4) is 0 Å². The van der Waals surface area contributed by atoms with Crippen molar-refractivity contribution in [3.63, 3.8) is 0 Å². The summed E-state index contributed by atoms with van der Waals surface area (Å²) < 4.78 is 11.8. The van der Waals surface area contributed by atoms with Crippen molar-refractivity contribution < 1.29 is 29.0 Å². The van der Waals surface area contributed by atoms with Gasteiger partial charge in [0.25, 0.3) is 0 Å². The largest absolute Gasteiger partial charge is 0.481 e. The van der Waals surface area contributed by atoms with E-state index < -0.39 is 5.97 Å². The third-order valence-corrected chi connectivity index (χ3v) is 6.01. The second kappa shape index (κ2) is 10.8. The molecule has 3 rings (SSSR count). The summed E-state index contributed by atoms with van der Waals surface area (Å²) in [5, 5.41) is 16.9. The Morgan fingerprint density at radius 2 is 1.67 bits per heavy atom. The fourth-order valence-electron chi connectivity index (χ4n) is 4.39. The van der Waals surface area contributed by atoms with E-state index in [1.807, 2.05) is 13.0 Å². The van der Waals surface area contributed by atoms with Gasteiger partial charge in [-0.05, 0) is 31.6 Å². The lowest BCUT2D eigenvalue weighted by Gasteiger charge is -2.25. The van der Waals surface area contributed by atoms with Gasteiger partial charge in [0.05, 0.1) is 18.8 Å². The molecule has 3 aliphatic heterocycles. The Labute approximate surface area is 176 Å². The summed E-state index contributed by atoms with van der Waals surface area (Å²) in [5.41, 5.74) is 0. The normalized spacial score (nSPS) is 30.8. The number of epoxide rings is 1. The van der Waals surface area contributed by atoms with Gasteiger partial charge in [-0.3, -0.25) is 9.59 Å². The number of carbonyl (C=O) groups is 3. The van der Waals surface area contributed by atoms with Crippen LogP contribution in [0.2, 0.25) is 0 Å². The average molecular weight is 424 g/mol. The Kier molecular flexibility index (Phi) is 8.09. The molecule has 3 amide bonds. The van der Waals surface area contributed by atoms with Gasteiger partial charge in [-0.15, -0.1) is 0 Å². The Bertz CT molecular complexity index is 655. The van der Waals surface area contributed by atoms with Crippen molar-refractivity contribution in [2.45, 2.75) is 69.9 Å². The summed E-state index contributed by atoms with van der Waals surface area (Å²) in [5.74, 6) is -0.560. The first kappa shape index (κ1) is 22.6. The average Bonchev–Trinajstić information content (AvgIpc) is 3.34. The fourth-order valence-corrected chi connectivity index (χ4v) is 4.39. The van der Waals surface area contributed by atoms with Crippen LogP contribution in [0.25, 0.3) is 0 Å². The van der Waals surface area contributed by atoms with Crippen molar-refractivity contribution in [3.05, 3.63) is 12.2 Å². The van der Waals surface area contributed by atoms with Gasteiger partial charge >= 0.3 is 12.0 Å². The molecule has 3 saturated heterocycles. The smallest absolute Gasteiger partial charge is 0.315 e. The Morgan fingerprint density at radius 1 is 0.933 bits per heavy atom. The van der Waals surface area contributed by atoms with Crippen molar-refractivity contribution in [1.29, 1.82) is 0 Å². The maximum Gasteiger partial charge on any atom is 0.315 e. The molecule has 9 heteroatoms. The molecule has 9 nitrogen and oxygen atoms in total. The summed E-state index contributed by atoms with van der Waals surface area (Å²) in [6, 6.07) is -0.331. The van der Waals surface area contributed by atoms with Crippen LogP contribution in [0.3, 0.4) is 0 Å². The van der Waals surface area contributed by atoms with E-state index in [9.17, 15) is 14.4 Å². The van der Waals surface area contributed by atoms with E-state index in [1.165, 1.54) is 0 Å². The van der Waals surface area contributed by atoms with Gasteiger partial charge in [-0.25, -0.2) is 4.79 Å². The molecule has 6 atom stereocenters. The molecular formula is C21H33N3O6. The number of ether oxygens (including phenoxy) is 2. The molecule has 0 aromatic rings. The highest BCUT2D eigenvalue weighted by Gasteiger charge is 2.68. The quantitative estimate of drug-likeness (QED) is 0.200. The molecule has 0 saturated carbocycles. The first-order valence-corrected chi connectivity index (χ1v) is 11.0. The number of carboxylic acids is 1. The molecular weight excluding hydrogens is 390 g/mol. The number of urea groups is 1. The lowest BCUT2D eigenvalue weighted by Crippen LogP contribution is -2.45. The van der Waals surface area contributed by atoms with Crippen LogP contribution in [0.1, 0.15) is 45.4 Å². The molecule has 3 fully saturated rings. The van der Waals surface area contributed by atoms with Crippen LogP contribution in [-0.2, 0) is 19.1 Å². The molecule has 3 heterocycles. The maximum absolute atomic E-state index is 12.1. The molecule has 0 spiro atoms. The van der Waals surface area contributed by atoms with Crippen LogP contribution < -0.4 is 16.0 Å². The molecule has 168 valence electrons. The Hall–Kier alpha value is -2.13. The van der Waals surface area contributed by atoms with Crippen LogP contribution in [0.5, 0.6) is 0 Å². The third kappa shape index (κ3) is 5.95. The van der Waals surface area contributed by atoms with Crippen LogP contribution in [0.15, 0.2) is 12.2 Å². The summed E-state index contributed by atoms with van der Waals surface area (Å²) >= 11 is 0. The standard InChI is InChI=1S/C21H33N3O6/c1-2-3-10-22-21(28)24-12-15(25)23-11-14-13(8-6-4-5-7-9-16(26)27)17-19-20(30-19)18(14)29-17/h4,6,13-14,17-20H,2-3,5,7-12H2,1H3,(H,23,25)(H,26,27)(H2,22,24,28)/t13-,14+,17+,18-,19-,20+/m0/s1. The number of aliphatic carboxylic acids is 1. The lowest BCUT2D eigenvalue weighted by atomic mass is 9.77. The fraction of sp³-hybridized carbons (Fsp3) is 0.762. The predicted octanol–water partition coefficient (Wildman–Crippen LogP) is 1.18. The predicted molar refractivity (Wildman–Crippen MR) is 109 cm³/mol. The molecule has 0 aromatic carbocycles. The van der Waals surface area contributed by atoms with Gasteiger partial charge in [-0.1, -0.05) is 25.5 Å². The van der Waals surface area contributed by atoms with E-state index in [1.54, 1.807) is 0 Å². The van der Waals surface area contributed by atoms with Gasteiger partial charge in [-0.2, -0.15) is 0 Å². The Morgan fingerprint density at radius 3 is 2.40 bits per heavy atom. The minimum Gasteiger partial charge on any atom is -0.481 e. The van der Waals surface area contributed by atoms with E-state index in [2.05, 4.69) is 22.0 Å². The van der Waals surface area contributed by atoms with E-state index in [-0.39, 0.29) is 61.2 Å². The van der Waals surface area contributed by atoms with E-state index in [0.29, 0.717) is 19.5 Å². The molecule has 0 unspecified atom stereocenters. The zero-order valence-electron chi connectivity index (χ0n) is 17.5. The van der Waals surface area contributed by atoms with Crippen molar-refractivity contribution in [1.82, 2.24) is 16.0 Å². The molecule has 0 aliphatic carbocycles. The first-order valence-electron chi connectivity index (χ1n) is 11.0. The van der Waals surface area contributed by atoms with Crippen molar-refractivity contribution >= 4 is 17.9 Å². The van der Waals surface area contributed by atoms with E-state index >= 15 is 0 Å². The monoisotopic (exact) mass is 423 g/mol. The van der Waals surface area contributed by atoms with Gasteiger partial charge < -0.3 is 30.5 Å². The third-order valence-electron chi connectivity index (χ3n) is 6.01. The summed E-state index contributed by atoms with van der Waals surface area (Å²) in [7, 11) is 0. The highest BCUT2D eigenvalue weighted by molar-refractivity contribution is 5.83. The van der Waals surface area contributed by atoms with Gasteiger partial charge in [0.2, 0.25) is 5.91 Å². The van der Waals surface area contributed by atoms with E-state index in [0.717, 1.165) is 25.7 Å². The summed E-state index contributed by atoms with van der Waals surface area (Å²) in [4.78, 5) is 34.3.